The van der Waals surface area contributed by atoms with Crippen LogP contribution in [0.4, 0.5) is 0 Å². The molecule has 0 fully saturated rings. The summed E-state index contributed by atoms with van der Waals surface area (Å²) < 4.78 is 28.2. The molecular formula is C110H140Br2MgN2O18. The van der Waals surface area contributed by atoms with Gasteiger partial charge in [0.05, 0.1) is 96.4 Å². The number of ether oxygens (including phenoxy) is 5. The number of hydrogen-bond donors (Lipinski definition) is 4. The minimum absolute atomic E-state index is 0. The smallest absolute Gasteiger partial charge is 1.00 e. The Balaban J connectivity index is -0.00000146. The van der Waals surface area contributed by atoms with Gasteiger partial charge in [0.2, 0.25) is 0 Å². The van der Waals surface area contributed by atoms with E-state index in [0.29, 0.717) is 91.9 Å². The molecule has 0 bridgehead atoms. The van der Waals surface area contributed by atoms with Crippen molar-refractivity contribution in [3.63, 3.8) is 0 Å². The van der Waals surface area contributed by atoms with Gasteiger partial charge in [0.25, 0.3) is 23.6 Å². The molecule has 2 aliphatic heterocycles. The zero-order valence-electron chi connectivity index (χ0n) is 82.8. The first-order valence-corrected chi connectivity index (χ1v) is 44.5. The summed E-state index contributed by atoms with van der Waals surface area (Å²) in [6.45, 7) is 57.2. The fourth-order valence-corrected chi connectivity index (χ4v) is 14.4. The van der Waals surface area contributed by atoms with Crippen LogP contribution < -0.4 is 27.6 Å². The van der Waals surface area contributed by atoms with Crippen LogP contribution in [0.5, 0.6) is 0 Å². The quantitative estimate of drug-likeness (QED) is 0.00761. The van der Waals surface area contributed by atoms with Crippen LogP contribution in [0.1, 0.15) is 302 Å². The average molecular weight is 1960 g/mol. The Morgan fingerprint density at radius 1 is 0.549 bits per heavy atom. The first-order valence-electron chi connectivity index (χ1n) is 43.4. The number of esters is 2. The summed E-state index contributed by atoms with van der Waals surface area (Å²) in [4.78, 5) is 113. The van der Waals surface area contributed by atoms with Gasteiger partial charge in [0, 0.05) is 43.1 Å². The second-order valence-corrected chi connectivity index (χ2v) is 37.5. The predicted octanol–water partition coefficient (Wildman–Crippen LogP) is 17.4. The normalized spacial score (nSPS) is 15.1. The first-order chi connectivity index (χ1) is 61.3. The zero-order chi connectivity index (χ0) is 101. The van der Waals surface area contributed by atoms with Crippen molar-refractivity contribution in [1.29, 1.82) is 0 Å². The molecule has 133 heavy (non-hydrogen) atoms. The van der Waals surface area contributed by atoms with Gasteiger partial charge in [0.1, 0.15) is 6.29 Å². The monoisotopic (exact) mass is 1960 g/mol. The van der Waals surface area contributed by atoms with Gasteiger partial charge in [-0.1, -0.05) is 247 Å². The van der Waals surface area contributed by atoms with Crippen LogP contribution in [0, 0.1) is 147 Å². The molecule has 0 aromatic heterocycles. The van der Waals surface area contributed by atoms with Gasteiger partial charge >= 0.3 is 47.3 Å². The number of hydrogen-bond acceptors (Lipinski definition) is 18. The number of imide groups is 2. The third-order valence-corrected chi connectivity index (χ3v) is 21.8. The van der Waals surface area contributed by atoms with Crippen LogP contribution in [0.3, 0.4) is 0 Å². The van der Waals surface area contributed by atoms with E-state index in [1.165, 1.54) is 45.0 Å². The van der Waals surface area contributed by atoms with E-state index in [4.69, 9.17) is 81.9 Å². The maximum absolute atomic E-state index is 12.4. The largest absolute Gasteiger partial charge is 2.00 e. The first kappa shape index (κ1) is 127. The maximum atomic E-state index is 12.4. The minimum Gasteiger partial charge on any atom is -1.00 e. The van der Waals surface area contributed by atoms with E-state index in [-0.39, 0.29) is 151 Å². The number of carbonyl (C=O) groups excluding carboxylic acids is 11. The number of benzene rings is 6. The Bertz CT molecular complexity index is 5060. The molecular weight excluding hydrogens is 1820 g/mol. The van der Waals surface area contributed by atoms with E-state index in [9.17, 15) is 38.7 Å². The fourth-order valence-electron chi connectivity index (χ4n) is 14.4. The predicted molar refractivity (Wildman–Crippen MR) is 525 cm³/mol. The third kappa shape index (κ3) is 41.3. The Hall–Kier alpha value is -10.2. The van der Waals surface area contributed by atoms with Crippen molar-refractivity contribution in [3.05, 3.63) is 234 Å². The molecule has 0 spiro atoms. The van der Waals surface area contributed by atoms with Gasteiger partial charge in [-0.05, 0) is 188 Å². The van der Waals surface area contributed by atoms with E-state index in [2.05, 4.69) is 178 Å². The summed E-state index contributed by atoms with van der Waals surface area (Å²) >= 11 is 3.01. The van der Waals surface area contributed by atoms with E-state index < -0.39 is 11.5 Å². The number of rotatable bonds is 21. The number of aliphatic hydroxyl groups excluding tert-OH is 2. The molecule has 0 saturated heterocycles. The van der Waals surface area contributed by atoms with Crippen molar-refractivity contribution in [2.75, 3.05) is 25.2 Å². The molecule has 714 valence electrons. The molecule has 5 aliphatic rings. The van der Waals surface area contributed by atoms with Gasteiger partial charge in [0.15, 0.2) is 0 Å². The van der Waals surface area contributed by atoms with Crippen molar-refractivity contribution in [2.24, 2.45) is 43.8 Å². The Morgan fingerprint density at radius 3 is 1.24 bits per heavy atom. The van der Waals surface area contributed by atoms with Crippen LogP contribution >= 0.6 is 15.9 Å². The Labute approximate surface area is 828 Å². The van der Waals surface area contributed by atoms with Gasteiger partial charge < -0.3 is 62.3 Å². The molecule has 0 radical (unpaired) electrons. The number of aryl methyl sites for hydroxylation is 3. The average Bonchev–Trinajstić information content (AvgIpc) is 1.55. The molecule has 23 heteroatoms. The van der Waals surface area contributed by atoms with Crippen molar-refractivity contribution < 1.29 is 104 Å². The summed E-state index contributed by atoms with van der Waals surface area (Å²) in [6.07, 6.45) is 36.5. The summed E-state index contributed by atoms with van der Waals surface area (Å²) in [5.41, 5.74) is 16.5. The second-order valence-electron chi connectivity index (χ2n) is 36.9. The van der Waals surface area contributed by atoms with Crippen LogP contribution in [0.15, 0.2) is 127 Å². The van der Waals surface area contributed by atoms with Gasteiger partial charge in [-0.15, -0.1) is 55.8 Å². The molecule has 6 aromatic carbocycles. The molecule has 4 unspecified atom stereocenters. The summed E-state index contributed by atoms with van der Waals surface area (Å²) in [6, 6.07) is 37.0. The third-order valence-electron chi connectivity index (χ3n) is 21.4. The van der Waals surface area contributed by atoms with Crippen LogP contribution in [-0.2, 0) is 96.3 Å². The second kappa shape index (κ2) is 62.4. The number of fused-ring (bicyclic) bond motifs is 7. The van der Waals surface area contributed by atoms with E-state index >= 15 is 0 Å². The van der Waals surface area contributed by atoms with Crippen LogP contribution in [0.2, 0.25) is 0 Å². The maximum Gasteiger partial charge on any atom is 2.00 e. The summed E-state index contributed by atoms with van der Waals surface area (Å²) in [5, 5.41) is 24.4. The molecule has 2 heterocycles. The van der Waals surface area contributed by atoms with E-state index in [1.807, 2.05) is 143 Å². The van der Waals surface area contributed by atoms with Crippen molar-refractivity contribution in [2.45, 2.75) is 262 Å². The van der Waals surface area contributed by atoms with Crippen molar-refractivity contribution >= 4 is 93.1 Å². The van der Waals surface area contributed by atoms with E-state index in [1.54, 1.807) is 34.6 Å². The number of aliphatic hydroxyl groups is 2. The van der Waals surface area contributed by atoms with Crippen molar-refractivity contribution in [3.8, 4) is 61.7 Å². The van der Waals surface area contributed by atoms with Gasteiger partial charge in [-0.2, -0.15) is 19.2 Å². The number of allylic oxidation sites excluding steroid dienone is 2. The molecule has 11 rings (SSSR count). The number of alkyl halides is 1. The zero-order valence-corrected chi connectivity index (χ0v) is 87.4. The Morgan fingerprint density at radius 2 is 0.902 bits per heavy atom. The summed E-state index contributed by atoms with van der Waals surface area (Å²) in [5.74, 6) is 10.8. The Kier molecular flexibility index (Phi) is 59.5. The molecule has 3 aliphatic carbocycles. The molecule has 4 atom stereocenters. The SMILES string of the molecule is C#CCBr.C#CCC(C)(C)C(=O)OCC.C#CCC(C)(C)C(C=CC)OCc1ccccc1.C#CCC(C)(C)C=O.C#CCC(C)(C)CO.CCOC(=O)C(C)C.Cc1cc2c(c(C)c1C)C(OCc1ccccc1)C(C)(C)C2.Cc1cc2c(c3c1C(=O)NC3=O)C(O)C(C)(C)C2.Cc1cc2c(c3c1C(=O)NC3=O)C(OCc1ccccc1)C(C)(C)C2.O=C=O.O=C=O.[Br-].[CH-]=CC.[Mg+2]. The van der Waals surface area contributed by atoms with Crippen LogP contribution in [0.25, 0.3) is 0 Å². The van der Waals surface area contributed by atoms with Gasteiger partial charge in [-0.25, -0.2) is 0 Å². The van der Waals surface area contributed by atoms with E-state index in [0.717, 1.165) is 58.9 Å². The number of amides is 4. The minimum atomic E-state index is -0.696. The summed E-state index contributed by atoms with van der Waals surface area (Å²) in [7, 11) is 0. The number of nitrogens with one attached hydrogen (secondary N) is 2. The molecule has 6 aromatic rings. The number of halogens is 2. The standard InChI is InChI=1S/C21H21NO3.C21H26O.C17H22O.C14H15NO3.C9H14O2.C7H12O.C7H10O.C6H12O2.C3H3Br.C3H5.2CO2.BrH.Mg/c1-12-9-14-10-21(2,3)18(25-11-13-7-5-4-6-8-13)16(14)17-15(12)19(23)22-20(17)24;1-14-11-18-12-21(4,5)20(19(18)16(3)15(14)2)22-13-17-9-7-6-8-10-17;1-5-10-16(17(3,4)13-6-2)18-14-15-11-8-7-9-12-15;1-6-4-7-5-14(2,3)11(16)9(7)10-8(6)12(17)15-13(10)18;1-5-7-9(3,4)8(10)11-6-2;2*1-4-5-7(2,3)6-8;1-4-8-6(7)5(2)3;1-2-3-4;1-3-2;2*2-1-3;;/h4-9,18H,10-11H2,1-3H3,(H,22,23,24);6-11,20H,12-13H2,1-5H3;2,5,7-12,16H,13-14H2,1,3-4H3;4,11,16H,5H2,1-3H3,(H,15,17,18);1H,6-7H2,2-4H3;1,8H,5-6H2,2-3H3;1,6H,5H2,2-3H3;5H,4H2,1-3H3;1H,3H2;1,3H,2H3;;;1H;/q;;;;;;;;;-1;;;;+2/p-1. The molecule has 20 nitrogen and oxygen atoms in total. The molecule has 0 saturated carbocycles. The number of aldehydes is 1. The van der Waals surface area contributed by atoms with Crippen LogP contribution in [-0.4, -0.2) is 119 Å². The molecule has 4 amide bonds. The number of terminal acetylenes is 5. The molecule has 4 N–H and O–H groups in total. The number of carbonyl (C=O) groups is 7. The fraction of sp³-hybridized carbons (Fsp3) is 0.464. The van der Waals surface area contributed by atoms with Gasteiger partial charge in [-0.3, -0.25) is 45.5 Å². The van der Waals surface area contributed by atoms with Crippen molar-refractivity contribution in [1.82, 2.24) is 10.6 Å². The topological polar surface area (TPSA) is 298 Å².